The zero-order valence-electron chi connectivity index (χ0n) is 10.7. The summed E-state index contributed by atoms with van der Waals surface area (Å²) < 4.78 is 1.78. The predicted molar refractivity (Wildman–Crippen MR) is 71.7 cm³/mol. The minimum Gasteiger partial charge on any atom is -0.326 e. The summed E-state index contributed by atoms with van der Waals surface area (Å²) in [6.07, 6.45) is 3.54. The highest BCUT2D eigenvalue weighted by Crippen LogP contribution is 2.03. The average Bonchev–Trinajstić information content (AvgIpc) is 2.41. The Balaban J connectivity index is 2.04. The van der Waals surface area contributed by atoms with Crippen molar-refractivity contribution in [3.63, 3.8) is 0 Å². The third kappa shape index (κ3) is 3.74. The van der Waals surface area contributed by atoms with Crippen LogP contribution in [0.25, 0.3) is 0 Å². The molecule has 1 heterocycles. The molecule has 96 valence electrons. The van der Waals surface area contributed by atoms with Crippen molar-refractivity contribution in [2.75, 3.05) is 5.32 Å². The fraction of sp³-hybridized carbons (Fsp3) is 0.133. The molecule has 0 atom stereocenters. The summed E-state index contributed by atoms with van der Waals surface area (Å²) in [6.45, 7) is 1.74. The second-order valence-corrected chi connectivity index (χ2v) is 4.23. The number of carbonyl (C=O) groups is 2. The van der Waals surface area contributed by atoms with E-state index in [0.29, 0.717) is 5.56 Å². The predicted octanol–water partition coefficient (Wildman–Crippen LogP) is 1.82. The highest BCUT2D eigenvalue weighted by atomic mass is 16.1. The lowest BCUT2D eigenvalue weighted by atomic mass is 10.1. The van der Waals surface area contributed by atoms with E-state index in [9.17, 15) is 9.59 Å². The Bertz CT molecular complexity index is 577. The van der Waals surface area contributed by atoms with Crippen molar-refractivity contribution in [3.8, 4) is 0 Å². The van der Waals surface area contributed by atoms with Gasteiger partial charge < -0.3 is 5.32 Å². The molecule has 0 fully saturated rings. The fourth-order valence-corrected chi connectivity index (χ4v) is 1.73. The van der Waals surface area contributed by atoms with Gasteiger partial charge in [0.15, 0.2) is 12.4 Å². The lowest BCUT2D eigenvalue weighted by Gasteiger charge is -2.01. The van der Waals surface area contributed by atoms with E-state index in [1.165, 1.54) is 6.92 Å². The van der Waals surface area contributed by atoms with E-state index in [2.05, 4.69) is 5.32 Å². The number of ketones is 1. The van der Waals surface area contributed by atoms with Crippen LogP contribution in [0.5, 0.6) is 0 Å². The van der Waals surface area contributed by atoms with Crippen LogP contribution in [-0.4, -0.2) is 11.7 Å². The molecule has 1 aromatic heterocycles. The number of Topliss-reactive ketones (excluding diaryl/α,β-unsaturated/α-hetero) is 1. The molecule has 2 aromatic rings. The second kappa shape index (κ2) is 5.91. The maximum absolute atomic E-state index is 12.0. The molecule has 0 saturated heterocycles. The number of carbonyl (C=O) groups excluding carboxylic acids is 2. The SMILES string of the molecule is CC(=O)Nc1cc[n+](CC(=O)c2ccccc2)cc1. The van der Waals surface area contributed by atoms with Crippen LogP contribution < -0.4 is 9.88 Å². The fourth-order valence-electron chi connectivity index (χ4n) is 1.73. The number of rotatable bonds is 4. The molecule has 0 bridgehead atoms. The maximum Gasteiger partial charge on any atom is 0.227 e. The largest absolute Gasteiger partial charge is 0.326 e. The summed E-state index contributed by atoms with van der Waals surface area (Å²) in [5.41, 5.74) is 1.41. The first-order chi connectivity index (χ1) is 9.15. The van der Waals surface area contributed by atoms with E-state index in [4.69, 9.17) is 0 Å². The van der Waals surface area contributed by atoms with E-state index >= 15 is 0 Å². The van der Waals surface area contributed by atoms with Crippen molar-refractivity contribution in [3.05, 3.63) is 60.4 Å². The summed E-state index contributed by atoms with van der Waals surface area (Å²) in [7, 11) is 0. The van der Waals surface area contributed by atoms with Crippen LogP contribution in [0.3, 0.4) is 0 Å². The molecule has 2 rings (SSSR count). The minimum atomic E-state index is -0.113. The van der Waals surface area contributed by atoms with Crippen LogP contribution in [0.1, 0.15) is 17.3 Å². The van der Waals surface area contributed by atoms with Gasteiger partial charge in [0.25, 0.3) is 0 Å². The van der Waals surface area contributed by atoms with Crippen molar-refractivity contribution >= 4 is 17.4 Å². The number of benzene rings is 1. The number of pyridine rings is 1. The molecule has 0 saturated carbocycles. The van der Waals surface area contributed by atoms with Crippen molar-refractivity contribution in [1.82, 2.24) is 0 Å². The van der Waals surface area contributed by atoms with Crippen molar-refractivity contribution in [2.45, 2.75) is 13.5 Å². The van der Waals surface area contributed by atoms with E-state index < -0.39 is 0 Å². The first-order valence-electron chi connectivity index (χ1n) is 6.00. The second-order valence-electron chi connectivity index (χ2n) is 4.23. The Hall–Kier alpha value is -2.49. The minimum absolute atomic E-state index is 0.0536. The topological polar surface area (TPSA) is 50.1 Å². The molecular formula is C15H15N2O2+. The Morgan fingerprint density at radius 2 is 1.68 bits per heavy atom. The lowest BCUT2D eigenvalue weighted by molar-refractivity contribution is -0.683. The Kier molecular flexibility index (Phi) is 4.03. The van der Waals surface area contributed by atoms with Crippen molar-refractivity contribution in [2.24, 2.45) is 0 Å². The standard InChI is InChI=1S/C15H14N2O2/c1-12(18)16-14-7-9-17(10-8-14)11-15(19)13-5-3-2-4-6-13/h2-10H,11H2,1H3/p+1. The zero-order valence-corrected chi connectivity index (χ0v) is 10.7. The van der Waals surface area contributed by atoms with Gasteiger partial charge in [-0.1, -0.05) is 30.3 Å². The first-order valence-corrected chi connectivity index (χ1v) is 6.00. The van der Waals surface area contributed by atoms with Gasteiger partial charge in [0.1, 0.15) is 0 Å². The Labute approximate surface area is 111 Å². The molecule has 4 heteroatoms. The van der Waals surface area contributed by atoms with Gasteiger partial charge in [-0.15, -0.1) is 0 Å². The van der Waals surface area contributed by atoms with E-state index in [1.54, 1.807) is 41.2 Å². The van der Waals surface area contributed by atoms with Crippen LogP contribution in [-0.2, 0) is 11.3 Å². The number of nitrogens with one attached hydrogen (secondary N) is 1. The molecule has 1 amide bonds. The summed E-state index contributed by atoms with van der Waals surface area (Å²) in [5.74, 6) is -0.0593. The van der Waals surface area contributed by atoms with Crippen LogP contribution in [0.2, 0.25) is 0 Å². The van der Waals surface area contributed by atoms with Crippen LogP contribution >= 0.6 is 0 Å². The molecule has 1 N–H and O–H groups in total. The summed E-state index contributed by atoms with van der Waals surface area (Å²) in [6, 6.07) is 12.7. The molecule has 1 aromatic carbocycles. The summed E-state index contributed by atoms with van der Waals surface area (Å²) in [4.78, 5) is 22.9. The highest BCUT2D eigenvalue weighted by Gasteiger charge is 2.11. The Morgan fingerprint density at radius 1 is 1.05 bits per heavy atom. The number of aromatic nitrogens is 1. The van der Waals surface area contributed by atoms with Gasteiger partial charge in [0, 0.05) is 24.6 Å². The van der Waals surface area contributed by atoms with Crippen LogP contribution in [0.4, 0.5) is 5.69 Å². The number of hydrogen-bond acceptors (Lipinski definition) is 2. The molecule has 0 aliphatic heterocycles. The summed E-state index contributed by atoms with van der Waals surface area (Å²) in [5, 5.41) is 2.68. The van der Waals surface area contributed by atoms with Gasteiger partial charge in [-0.2, -0.15) is 4.57 Å². The third-order valence-electron chi connectivity index (χ3n) is 2.63. The van der Waals surface area contributed by atoms with E-state index in [0.717, 1.165) is 5.69 Å². The van der Waals surface area contributed by atoms with Gasteiger partial charge >= 0.3 is 0 Å². The molecule has 0 radical (unpaired) electrons. The van der Waals surface area contributed by atoms with Crippen LogP contribution in [0.15, 0.2) is 54.9 Å². The number of amides is 1. The van der Waals surface area contributed by atoms with Crippen molar-refractivity contribution < 1.29 is 14.2 Å². The number of anilines is 1. The lowest BCUT2D eigenvalue weighted by Crippen LogP contribution is -2.37. The van der Waals surface area contributed by atoms with Crippen LogP contribution in [0, 0.1) is 0 Å². The molecule has 0 spiro atoms. The molecule has 19 heavy (non-hydrogen) atoms. The highest BCUT2D eigenvalue weighted by molar-refractivity contribution is 5.95. The smallest absolute Gasteiger partial charge is 0.227 e. The summed E-state index contributed by atoms with van der Waals surface area (Å²) >= 11 is 0. The van der Waals surface area contributed by atoms with Gasteiger partial charge in [-0.25, -0.2) is 0 Å². The number of nitrogens with zero attached hydrogens (tertiary/aromatic N) is 1. The van der Waals surface area contributed by atoms with Gasteiger partial charge in [0.05, 0.1) is 5.69 Å². The monoisotopic (exact) mass is 255 g/mol. The van der Waals surface area contributed by atoms with Gasteiger partial charge in [-0.3, -0.25) is 9.59 Å². The molecular weight excluding hydrogens is 240 g/mol. The maximum atomic E-state index is 12.0. The zero-order chi connectivity index (χ0) is 13.7. The van der Waals surface area contributed by atoms with E-state index in [-0.39, 0.29) is 18.2 Å². The quantitative estimate of drug-likeness (QED) is 0.669. The molecule has 4 nitrogen and oxygen atoms in total. The van der Waals surface area contributed by atoms with Gasteiger partial charge in [-0.05, 0) is 0 Å². The van der Waals surface area contributed by atoms with Gasteiger partial charge in [0.2, 0.25) is 18.2 Å². The van der Waals surface area contributed by atoms with E-state index in [1.807, 2.05) is 18.2 Å². The first kappa shape index (κ1) is 13.0. The van der Waals surface area contributed by atoms with Crippen molar-refractivity contribution in [1.29, 1.82) is 0 Å². The Morgan fingerprint density at radius 3 is 2.26 bits per heavy atom. The molecule has 0 unspecified atom stereocenters. The number of hydrogen-bond donors (Lipinski definition) is 1. The normalized spacial score (nSPS) is 9.95. The average molecular weight is 255 g/mol. The molecule has 0 aliphatic rings. The molecule has 0 aliphatic carbocycles. The third-order valence-corrected chi connectivity index (χ3v) is 2.63.